The highest BCUT2D eigenvalue weighted by Crippen LogP contribution is 2.26. The van der Waals surface area contributed by atoms with Crippen LogP contribution in [0, 0.1) is 6.92 Å². The number of fused-ring (bicyclic) bond motifs is 4. The van der Waals surface area contributed by atoms with E-state index in [0.29, 0.717) is 27.7 Å². The first-order valence-corrected chi connectivity index (χ1v) is 8.69. The van der Waals surface area contributed by atoms with Gasteiger partial charge in [-0.1, -0.05) is 11.6 Å². The highest BCUT2D eigenvalue weighted by Gasteiger charge is 2.30. The minimum atomic E-state index is -0.419. The lowest BCUT2D eigenvalue weighted by Crippen LogP contribution is -2.21. The van der Waals surface area contributed by atoms with Gasteiger partial charge in [0.15, 0.2) is 5.82 Å². The van der Waals surface area contributed by atoms with Gasteiger partial charge in [-0.3, -0.25) is 28.9 Å². The first kappa shape index (κ1) is 18.2. The maximum atomic E-state index is 12.5. The van der Waals surface area contributed by atoms with E-state index in [1.165, 1.54) is 23.2 Å². The summed E-state index contributed by atoms with van der Waals surface area (Å²) < 4.78 is 1.38. The zero-order valence-electron chi connectivity index (χ0n) is 15.4. The Bertz CT molecular complexity index is 1330. The predicted octanol–water partition coefficient (Wildman–Crippen LogP) is 1.81. The van der Waals surface area contributed by atoms with Crippen LogP contribution in [-0.4, -0.2) is 31.2 Å². The molecule has 0 saturated heterocycles. The molecule has 0 spiro atoms. The second-order valence-electron chi connectivity index (χ2n) is 6.42. The minimum Gasteiger partial charge on any atom is -0.366 e. The molecule has 3 aromatic heterocycles. The molecule has 4 heterocycles. The molecule has 0 atom stereocenters. The molecule has 8 heteroatoms. The van der Waals surface area contributed by atoms with Crippen molar-refractivity contribution < 1.29 is 9.59 Å². The predicted molar refractivity (Wildman–Crippen MR) is 106 cm³/mol. The monoisotopic (exact) mass is 385 g/mol. The van der Waals surface area contributed by atoms with Gasteiger partial charge in [0.05, 0.1) is 22.2 Å². The average molecular weight is 385 g/mol. The number of carbonyl (C=O) groups excluding carboxylic acids is 2. The molecule has 142 valence electrons. The van der Waals surface area contributed by atoms with Gasteiger partial charge >= 0.3 is 0 Å². The number of pyridine rings is 2. The normalized spacial score (nSPS) is 11.4. The number of benzene rings is 1. The van der Waals surface area contributed by atoms with Crippen LogP contribution >= 0.6 is 0 Å². The maximum absolute atomic E-state index is 12.5. The smallest absolute Gasteiger partial charge is 0.267 e. The fourth-order valence-corrected chi connectivity index (χ4v) is 3.07. The molecule has 0 fully saturated rings. The molecule has 0 unspecified atom stereocenters. The number of aromatic nitrogens is 4. The van der Waals surface area contributed by atoms with Gasteiger partial charge in [0.25, 0.3) is 5.56 Å². The summed E-state index contributed by atoms with van der Waals surface area (Å²) in [5, 5.41) is 0.414. The Morgan fingerprint density at radius 1 is 1.00 bits per heavy atom. The van der Waals surface area contributed by atoms with Crippen LogP contribution in [0.1, 0.15) is 32.1 Å². The number of primary amides is 1. The second-order valence-corrected chi connectivity index (χ2v) is 6.42. The number of hydrogen-bond acceptors (Lipinski definition) is 6. The fourth-order valence-electron chi connectivity index (χ4n) is 3.07. The van der Waals surface area contributed by atoms with Crippen LogP contribution in [0.3, 0.4) is 0 Å². The number of nitrogens with two attached hydrogens (primary N) is 1. The van der Waals surface area contributed by atoms with E-state index in [1.54, 1.807) is 36.5 Å². The van der Waals surface area contributed by atoms with Gasteiger partial charge in [-0.05, 0) is 37.3 Å². The maximum Gasteiger partial charge on any atom is 0.267 e. The quantitative estimate of drug-likeness (QED) is 0.470. The standard InChI is InChI=1S/C15H9N3O2.C6H6N2O/c1-8-2-3-12-9(6-8)13(19)14-17-11-4-5-16-7-10(11)15(20)18(12)14;7-6(9)5-1-3-8-4-2-5/h2-7H,1H3;1-4H,(H2,7,9). The Balaban J connectivity index is 0.000000192. The van der Waals surface area contributed by atoms with Gasteiger partial charge in [-0.15, -0.1) is 0 Å². The summed E-state index contributed by atoms with van der Waals surface area (Å²) in [6.45, 7) is 1.91. The first-order valence-electron chi connectivity index (χ1n) is 8.69. The summed E-state index contributed by atoms with van der Waals surface area (Å²) in [7, 11) is 0. The van der Waals surface area contributed by atoms with Crippen LogP contribution in [-0.2, 0) is 0 Å². The van der Waals surface area contributed by atoms with Gasteiger partial charge < -0.3 is 5.73 Å². The molecule has 4 aromatic rings. The number of hydrogen-bond donors (Lipinski definition) is 1. The summed E-state index contributed by atoms with van der Waals surface area (Å²) >= 11 is 0. The summed E-state index contributed by atoms with van der Waals surface area (Å²) in [5.74, 6) is -0.453. The van der Waals surface area contributed by atoms with Crippen molar-refractivity contribution in [3.05, 3.63) is 94.1 Å². The Kier molecular flexibility index (Phi) is 4.44. The lowest BCUT2D eigenvalue weighted by atomic mass is 10.1. The van der Waals surface area contributed by atoms with Gasteiger partial charge in [0, 0.05) is 30.4 Å². The molecule has 0 saturated carbocycles. The summed E-state index contributed by atoms with van der Waals surface area (Å²) in [6.07, 6.45) is 6.09. The molecular formula is C21H15N5O3. The van der Waals surface area contributed by atoms with E-state index in [1.807, 2.05) is 13.0 Å². The van der Waals surface area contributed by atoms with Gasteiger partial charge in [-0.2, -0.15) is 0 Å². The van der Waals surface area contributed by atoms with Crippen molar-refractivity contribution in [2.45, 2.75) is 6.92 Å². The van der Waals surface area contributed by atoms with E-state index in [4.69, 9.17) is 5.73 Å². The number of carbonyl (C=O) groups is 2. The molecular weight excluding hydrogens is 370 g/mol. The highest BCUT2D eigenvalue weighted by molar-refractivity contribution is 6.13. The third-order valence-electron chi connectivity index (χ3n) is 4.48. The molecule has 0 radical (unpaired) electrons. The molecule has 1 aliphatic heterocycles. The van der Waals surface area contributed by atoms with Gasteiger partial charge in [0.1, 0.15) is 0 Å². The number of nitrogens with zero attached hydrogens (tertiary/aromatic N) is 4. The van der Waals surface area contributed by atoms with Gasteiger partial charge in [-0.25, -0.2) is 4.98 Å². The van der Waals surface area contributed by atoms with E-state index in [9.17, 15) is 14.4 Å². The van der Waals surface area contributed by atoms with Crippen molar-refractivity contribution in [3.63, 3.8) is 0 Å². The fraction of sp³-hybridized carbons (Fsp3) is 0.0476. The van der Waals surface area contributed by atoms with Crippen LogP contribution in [0.2, 0.25) is 0 Å². The highest BCUT2D eigenvalue weighted by atomic mass is 16.1. The Hall–Kier alpha value is -4.20. The average Bonchev–Trinajstić information content (AvgIpc) is 3.01. The van der Waals surface area contributed by atoms with E-state index < -0.39 is 5.91 Å². The molecule has 5 rings (SSSR count). The molecule has 8 nitrogen and oxygen atoms in total. The summed E-state index contributed by atoms with van der Waals surface area (Å²) in [6, 6.07) is 10.2. The molecule has 1 amide bonds. The topological polar surface area (TPSA) is 121 Å². The molecule has 1 aliphatic rings. The number of rotatable bonds is 1. The number of amides is 1. The molecule has 1 aromatic carbocycles. The van der Waals surface area contributed by atoms with E-state index in [-0.39, 0.29) is 17.2 Å². The van der Waals surface area contributed by atoms with Crippen molar-refractivity contribution in [1.82, 2.24) is 19.5 Å². The van der Waals surface area contributed by atoms with Crippen LogP contribution in [0.5, 0.6) is 0 Å². The first-order chi connectivity index (χ1) is 14.0. The Morgan fingerprint density at radius 2 is 1.72 bits per heavy atom. The van der Waals surface area contributed by atoms with Crippen molar-refractivity contribution in [2.24, 2.45) is 5.73 Å². The molecule has 29 heavy (non-hydrogen) atoms. The number of ketones is 1. The van der Waals surface area contributed by atoms with E-state index in [2.05, 4.69) is 15.0 Å². The Morgan fingerprint density at radius 3 is 2.41 bits per heavy atom. The zero-order chi connectivity index (χ0) is 20.5. The van der Waals surface area contributed by atoms with Crippen LogP contribution in [0.4, 0.5) is 0 Å². The van der Waals surface area contributed by atoms with Crippen molar-refractivity contribution in [3.8, 4) is 5.69 Å². The van der Waals surface area contributed by atoms with Crippen molar-refractivity contribution >= 4 is 22.6 Å². The van der Waals surface area contributed by atoms with Crippen molar-refractivity contribution in [2.75, 3.05) is 0 Å². The van der Waals surface area contributed by atoms with Crippen molar-refractivity contribution in [1.29, 1.82) is 0 Å². The Labute approximate surface area is 164 Å². The van der Waals surface area contributed by atoms with Crippen LogP contribution in [0.15, 0.2) is 66.0 Å². The largest absolute Gasteiger partial charge is 0.366 e. The van der Waals surface area contributed by atoms with E-state index >= 15 is 0 Å². The minimum absolute atomic E-state index is 0.175. The third-order valence-corrected chi connectivity index (χ3v) is 4.48. The van der Waals surface area contributed by atoms with E-state index in [0.717, 1.165) is 5.56 Å². The lowest BCUT2D eigenvalue weighted by Gasteiger charge is -2.05. The van der Waals surface area contributed by atoms with Crippen LogP contribution < -0.4 is 11.3 Å². The molecule has 0 aliphatic carbocycles. The lowest BCUT2D eigenvalue weighted by molar-refractivity contribution is 0.0998. The summed E-state index contributed by atoms with van der Waals surface area (Å²) in [4.78, 5) is 47.3. The number of aryl methyl sites for hydroxylation is 1. The third kappa shape index (κ3) is 3.16. The SMILES string of the molecule is Cc1ccc2c(c1)C(=O)c1nc3ccncc3c(=O)n1-2.NC(=O)c1ccncc1. The molecule has 0 bridgehead atoms. The van der Waals surface area contributed by atoms with Gasteiger partial charge in [0.2, 0.25) is 11.7 Å². The molecule has 2 N–H and O–H groups in total. The van der Waals surface area contributed by atoms with Crippen LogP contribution in [0.25, 0.3) is 16.6 Å². The zero-order valence-corrected chi connectivity index (χ0v) is 15.4. The summed E-state index contributed by atoms with van der Waals surface area (Å²) in [5.41, 5.74) is 7.77. The second kappa shape index (κ2) is 7.08.